The number of anilines is 1. The third-order valence-electron chi connectivity index (χ3n) is 6.38. The lowest BCUT2D eigenvalue weighted by Crippen LogP contribution is -2.37. The maximum absolute atomic E-state index is 12.9. The molecule has 0 unspecified atom stereocenters. The number of carbonyl (C=O) groups is 2. The SMILES string of the molecule is Cc1sc(NC(=O)[C@@H]2[C@@H]3CC[C@@H](C3)[C@@H]2C(=O)O)nc1-c1ccc(C(C)C)cc1. The normalized spacial score (nSPS) is 26.0. The van der Waals surface area contributed by atoms with Crippen molar-refractivity contribution in [2.24, 2.45) is 23.7 Å². The van der Waals surface area contributed by atoms with Crippen molar-refractivity contribution < 1.29 is 14.7 Å². The van der Waals surface area contributed by atoms with Gasteiger partial charge in [-0.05, 0) is 49.5 Å². The standard InChI is InChI=1S/C22H26N2O3S/c1-11(2)13-4-6-14(7-5-13)19-12(3)28-22(23-19)24-20(25)17-15-8-9-16(10-15)18(17)21(26)27/h4-7,11,15-18H,8-10H2,1-3H3,(H,26,27)(H,23,24,25)/t15-,16+,17-,18+/m1/s1. The molecule has 2 bridgehead atoms. The number of thiazole rings is 1. The lowest BCUT2D eigenvalue weighted by molar-refractivity contribution is -0.148. The van der Waals surface area contributed by atoms with E-state index >= 15 is 0 Å². The van der Waals surface area contributed by atoms with E-state index in [-0.39, 0.29) is 17.7 Å². The molecule has 0 saturated heterocycles. The molecular formula is C22H26N2O3S. The molecule has 28 heavy (non-hydrogen) atoms. The quantitative estimate of drug-likeness (QED) is 0.749. The molecule has 0 aliphatic heterocycles. The molecule has 2 aliphatic rings. The van der Waals surface area contributed by atoms with E-state index in [9.17, 15) is 14.7 Å². The van der Waals surface area contributed by atoms with Crippen molar-refractivity contribution in [3.8, 4) is 11.3 Å². The van der Waals surface area contributed by atoms with Crippen LogP contribution in [-0.2, 0) is 9.59 Å². The summed E-state index contributed by atoms with van der Waals surface area (Å²) < 4.78 is 0. The van der Waals surface area contributed by atoms with Gasteiger partial charge in [-0.1, -0.05) is 38.1 Å². The molecule has 1 heterocycles. The Hall–Kier alpha value is -2.21. The number of nitrogens with zero attached hydrogens (tertiary/aromatic N) is 1. The number of aryl methyl sites for hydroxylation is 1. The number of hydrogen-bond donors (Lipinski definition) is 2. The number of aromatic nitrogens is 1. The van der Waals surface area contributed by atoms with Gasteiger partial charge >= 0.3 is 5.97 Å². The maximum atomic E-state index is 12.9. The Labute approximate surface area is 169 Å². The summed E-state index contributed by atoms with van der Waals surface area (Å²) >= 11 is 1.45. The number of fused-ring (bicyclic) bond motifs is 2. The second-order valence-corrected chi connectivity index (χ2v) is 9.62. The fourth-order valence-electron chi connectivity index (χ4n) is 4.96. The monoisotopic (exact) mass is 398 g/mol. The van der Waals surface area contributed by atoms with Crippen LogP contribution in [0, 0.1) is 30.6 Å². The Morgan fingerprint density at radius 1 is 1.14 bits per heavy atom. The molecule has 5 nitrogen and oxygen atoms in total. The van der Waals surface area contributed by atoms with Crippen LogP contribution in [0.4, 0.5) is 5.13 Å². The number of rotatable bonds is 5. The van der Waals surface area contributed by atoms with Crippen LogP contribution in [0.1, 0.15) is 49.5 Å². The van der Waals surface area contributed by atoms with E-state index in [0.717, 1.165) is 35.4 Å². The van der Waals surface area contributed by atoms with Gasteiger partial charge in [-0.3, -0.25) is 9.59 Å². The number of amides is 1. The predicted molar refractivity (Wildman–Crippen MR) is 110 cm³/mol. The average molecular weight is 399 g/mol. The van der Waals surface area contributed by atoms with Crippen LogP contribution in [0.25, 0.3) is 11.3 Å². The zero-order chi connectivity index (χ0) is 20.0. The maximum Gasteiger partial charge on any atom is 0.307 e. The summed E-state index contributed by atoms with van der Waals surface area (Å²) in [4.78, 5) is 30.2. The highest BCUT2D eigenvalue weighted by Crippen LogP contribution is 2.52. The second kappa shape index (κ2) is 7.32. The fraction of sp³-hybridized carbons (Fsp3) is 0.500. The fourth-order valence-corrected chi connectivity index (χ4v) is 5.79. The molecule has 4 rings (SSSR count). The summed E-state index contributed by atoms with van der Waals surface area (Å²) in [5, 5.41) is 13.1. The summed E-state index contributed by atoms with van der Waals surface area (Å²) in [7, 11) is 0. The first-order valence-electron chi connectivity index (χ1n) is 9.96. The van der Waals surface area contributed by atoms with Crippen LogP contribution in [0.15, 0.2) is 24.3 Å². The second-order valence-electron chi connectivity index (χ2n) is 8.41. The zero-order valence-electron chi connectivity index (χ0n) is 16.4. The predicted octanol–water partition coefficient (Wildman–Crippen LogP) is 4.93. The van der Waals surface area contributed by atoms with Gasteiger partial charge in [-0.15, -0.1) is 11.3 Å². The minimum absolute atomic E-state index is 0.145. The molecule has 148 valence electrons. The van der Waals surface area contributed by atoms with Crippen molar-refractivity contribution in [2.45, 2.75) is 46.0 Å². The lowest BCUT2D eigenvalue weighted by atomic mass is 9.79. The van der Waals surface area contributed by atoms with Crippen molar-refractivity contribution in [3.05, 3.63) is 34.7 Å². The molecule has 4 atom stereocenters. The zero-order valence-corrected chi connectivity index (χ0v) is 17.3. The van der Waals surface area contributed by atoms with Crippen LogP contribution in [0.2, 0.25) is 0 Å². The third kappa shape index (κ3) is 3.34. The van der Waals surface area contributed by atoms with E-state index in [0.29, 0.717) is 11.0 Å². The average Bonchev–Trinajstić information content (AvgIpc) is 3.35. The Bertz CT molecular complexity index is 903. The Morgan fingerprint density at radius 2 is 1.79 bits per heavy atom. The van der Waals surface area contributed by atoms with Crippen molar-refractivity contribution in [1.29, 1.82) is 0 Å². The molecule has 1 aromatic carbocycles. The molecule has 2 aliphatic carbocycles. The number of benzene rings is 1. The van der Waals surface area contributed by atoms with Gasteiger partial charge in [-0.2, -0.15) is 0 Å². The first-order valence-corrected chi connectivity index (χ1v) is 10.8. The number of nitrogens with one attached hydrogen (secondary N) is 1. The van der Waals surface area contributed by atoms with E-state index in [4.69, 9.17) is 0 Å². The molecular weight excluding hydrogens is 372 g/mol. The third-order valence-corrected chi connectivity index (χ3v) is 7.27. The molecule has 2 fully saturated rings. The number of carbonyl (C=O) groups excluding carboxylic acids is 1. The first-order chi connectivity index (χ1) is 13.3. The van der Waals surface area contributed by atoms with Crippen LogP contribution >= 0.6 is 11.3 Å². The van der Waals surface area contributed by atoms with Crippen molar-refractivity contribution >= 4 is 28.3 Å². The molecule has 1 amide bonds. The minimum atomic E-state index is -0.839. The van der Waals surface area contributed by atoms with E-state index < -0.39 is 17.8 Å². The summed E-state index contributed by atoms with van der Waals surface area (Å²) in [6.45, 7) is 6.32. The van der Waals surface area contributed by atoms with Crippen LogP contribution < -0.4 is 5.32 Å². The first kappa shape index (κ1) is 19.1. The minimum Gasteiger partial charge on any atom is -0.481 e. The van der Waals surface area contributed by atoms with E-state index in [2.05, 4.69) is 48.4 Å². The summed E-state index contributed by atoms with van der Waals surface area (Å²) in [6, 6.07) is 8.37. The van der Waals surface area contributed by atoms with E-state index in [1.54, 1.807) is 0 Å². The van der Waals surface area contributed by atoms with Gasteiger partial charge < -0.3 is 10.4 Å². The Kier molecular flexibility index (Phi) is 5.00. The number of aliphatic carboxylic acids is 1. The van der Waals surface area contributed by atoms with Crippen LogP contribution in [0.3, 0.4) is 0 Å². The molecule has 0 spiro atoms. The van der Waals surface area contributed by atoms with Crippen LogP contribution in [-0.4, -0.2) is 22.0 Å². The molecule has 6 heteroatoms. The number of hydrogen-bond acceptors (Lipinski definition) is 4. The van der Waals surface area contributed by atoms with Gasteiger partial charge in [0.05, 0.1) is 17.5 Å². The topological polar surface area (TPSA) is 79.3 Å². The van der Waals surface area contributed by atoms with Gasteiger partial charge in [0.2, 0.25) is 5.91 Å². The smallest absolute Gasteiger partial charge is 0.307 e. The van der Waals surface area contributed by atoms with Gasteiger partial charge in [0.25, 0.3) is 0 Å². The van der Waals surface area contributed by atoms with Gasteiger partial charge in [0, 0.05) is 10.4 Å². The number of carboxylic acids is 1. The largest absolute Gasteiger partial charge is 0.481 e. The van der Waals surface area contributed by atoms with E-state index in [1.807, 2.05) is 6.92 Å². The molecule has 2 saturated carbocycles. The highest BCUT2D eigenvalue weighted by Gasteiger charge is 2.54. The Balaban J connectivity index is 1.52. The highest BCUT2D eigenvalue weighted by molar-refractivity contribution is 7.16. The summed E-state index contributed by atoms with van der Waals surface area (Å²) in [5.74, 6) is -1.20. The van der Waals surface area contributed by atoms with Crippen molar-refractivity contribution in [1.82, 2.24) is 4.98 Å². The molecule has 2 N–H and O–H groups in total. The summed E-state index contributed by atoms with van der Waals surface area (Å²) in [6.07, 6.45) is 2.74. The number of carboxylic acid groups (broad SMARTS) is 1. The summed E-state index contributed by atoms with van der Waals surface area (Å²) in [5.41, 5.74) is 3.18. The van der Waals surface area contributed by atoms with Crippen molar-refractivity contribution in [2.75, 3.05) is 5.32 Å². The Morgan fingerprint density at radius 3 is 2.39 bits per heavy atom. The highest BCUT2D eigenvalue weighted by atomic mass is 32.1. The lowest BCUT2D eigenvalue weighted by Gasteiger charge is -2.26. The van der Waals surface area contributed by atoms with Crippen molar-refractivity contribution in [3.63, 3.8) is 0 Å². The van der Waals surface area contributed by atoms with E-state index in [1.165, 1.54) is 16.9 Å². The molecule has 2 aromatic rings. The molecule has 0 radical (unpaired) electrons. The van der Waals surface area contributed by atoms with Gasteiger partial charge in [0.1, 0.15) is 0 Å². The van der Waals surface area contributed by atoms with Gasteiger partial charge in [0.15, 0.2) is 5.13 Å². The molecule has 1 aromatic heterocycles. The van der Waals surface area contributed by atoms with Crippen LogP contribution in [0.5, 0.6) is 0 Å². The van der Waals surface area contributed by atoms with Gasteiger partial charge in [-0.25, -0.2) is 4.98 Å².